The number of hydrogen-bond acceptors (Lipinski definition) is 4. The third-order valence-corrected chi connectivity index (χ3v) is 1.97. The van der Waals surface area contributed by atoms with Gasteiger partial charge in [0.2, 0.25) is 0 Å². The average molecular weight is 231 g/mol. The van der Waals surface area contributed by atoms with E-state index in [9.17, 15) is 13.6 Å². The van der Waals surface area contributed by atoms with Crippen molar-refractivity contribution in [1.82, 2.24) is 4.98 Å². The molecule has 0 amide bonds. The zero-order valence-electron chi connectivity index (χ0n) is 9.08. The molecule has 0 atom stereocenters. The lowest BCUT2D eigenvalue weighted by Gasteiger charge is -2.12. The molecule has 88 valence electrons. The summed E-state index contributed by atoms with van der Waals surface area (Å²) in [5, 5.41) is 0. The van der Waals surface area contributed by atoms with Gasteiger partial charge in [0.25, 0.3) is 6.43 Å². The number of aryl methyl sites for hydroxylation is 1. The van der Waals surface area contributed by atoms with Gasteiger partial charge in [-0.25, -0.2) is 18.6 Å². The third-order valence-electron chi connectivity index (χ3n) is 1.97. The van der Waals surface area contributed by atoms with Crippen LogP contribution in [0.4, 0.5) is 8.78 Å². The highest BCUT2D eigenvalue weighted by Gasteiger charge is 2.25. The van der Waals surface area contributed by atoms with E-state index in [1.165, 1.54) is 13.2 Å². The lowest BCUT2D eigenvalue weighted by Crippen LogP contribution is -2.11. The van der Waals surface area contributed by atoms with Gasteiger partial charge in [0.05, 0.1) is 19.8 Å². The minimum atomic E-state index is -2.85. The van der Waals surface area contributed by atoms with Crippen molar-refractivity contribution in [2.45, 2.75) is 13.3 Å². The van der Waals surface area contributed by atoms with Crippen molar-refractivity contribution in [3.05, 3.63) is 23.0 Å². The molecule has 1 heterocycles. The van der Waals surface area contributed by atoms with E-state index in [2.05, 4.69) is 9.72 Å². The summed E-state index contributed by atoms with van der Waals surface area (Å²) < 4.78 is 34.7. The van der Waals surface area contributed by atoms with Gasteiger partial charge in [0.15, 0.2) is 5.69 Å². The molecule has 0 radical (unpaired) electrons. The number of carbonyl (C=O) groups is 1. The number of methoxy groups -OCH3 is 2. The highest BCUT2D eigenvalue weighted by molar-refractivity contribution is 5.89. The van der Waals surface area contributed by atoms with Gasteiger partial charge >= 0.3 is 5.97 Å². The van der Waals surface area contributed by atoms with Gasteiger partial charge in [-0.1, -0.05) is 0 Å². The Hall–Kier alpha value is -1.72. The number of halogens is 2. The van der Waals surface area contributed by atoms with Crippen LogP contribution in [-0.2, 0) is 4.74 Å². The van der Waals surface area contributed by atoms with Gasteiger partial charge in [-0.15, -0.1) is 0 Å². The van der Waals surface area contributed by atoms with Gasteiger partial charge in [0, 0.05) is 11.8 Å². The smallest absolute Gasteiger partial charge is 0.357 e. The van der Waals surface area contributed by atoms with Crippen molar-refractivity contribution in [3.8, 4) is 5.75 Å². The number of alkyl halides is 2. The third kappa shape index (κ3) is 2.26. The second kappa shape index (κ2) is 4.87. The number of nitrogens with zero attached hydrogens (tertiary/aromatic N) is 1. The zero-order chi connectivity index (χ0) is 12.3. The molecule has 0 saturated carbocycles. The Morgan fingerprint density at radius 3 is 2.50 bits per heavy atom. The molecule has 0 N–H and O–H groups in total. The first-order valence-corrected chi connectivity index (χ1v) is 4.43. The summed E-state index contributed by atoms with van der Waals surface area (Å²) in [6, 6.07) is 1.34. The molecule has 0 fully saturated rings. The maximum Gasteiger partial charge on any atom is 0.357 e. The van der Waals surface area contributed by atoms with Crippen LogP contribution in [0, 0.1) is 6.92 Å². The fourth-order valence-corrected chi connectivity index (χ4v) is 1.29. The van der Waals surface area contributed by atoms with Crippen LogP contribution in [0.25, 0.3) is 0 Å². The quantitative estimate of drug-likeness (QED) is 0.747. The first-order chi connectivity index (χ1) is 7.51. The number of carbonyl (C=O) groups excluding carboxylic acids is 1. The summed E-state index contributed by atoms with van der Waals surface area (Å²) in [4.78, 5) is 15.0. The Labute approximate surface area is 91.2 Å². The normalized spacial score (nSPS) is 10.4. The van der Waals surface area contributed by atoms with E-state index in [4.69, 9.17) is 4.74 Å². The molecule has 0 aliphatic rings. The molecule has 0 spiro atoms. The van der Waals surface area contributed by atoms with Crippen molar-refractivity contribution in [2.24, 2.45) is 0 Å². The molecule has 1 aromatic heterocycles. The summed E-state index contributed by atoms with van der Waals surface area (Å²) in [6.45, 7) is 1.57. The van der Waals surface area contributed by atoms with E-state index in [0.717, 1.165) is 7.11 Å². The van der Waals surface area contributed by atoms with Crippen LogP contribution in [0.15, 0.2) is 6.07 Å². The summed E-state index contributed by atoms with van der Waals surface area (Å²) in [6.07, 6.45) is -2.85. The fourth-order valence-electron chi connectivity index (χ4n) is 1.29. The Morgan fingerprint density at radius 2 is 2.06 bits per heavy atom. The van der Waals surface area contributed by atoms with E-state index in [0.29, 0.717) is 5.69 Å². The van der Waals surface area contributed by atoms with Crippen molar-refractivity contribution in [1.29, 1.82) is 0 Å². The minimum absolute atomic E-state index is 0.0668. The lowest BCUT2D eigenvalue weighted by molar-refractivity contribution is 0.0579. The molecular weight excluding hydrogens is 220 g/mol. The Bertz CT molecular complexity index is 407. The van der Waals surface area contributed by atoms with E-state index in [-0.39, 0.29) is 5.75 Å². The highest BCUT2D eigenvalue weighted by atomic mass is 19.3. The standard InChI is InChI=1S/C10H11F2NO3/c1-5-4-6(15-2)7(9(11)12)8(13-5)10(14)16-3/h4,9H,1-3H3. The van der Waals surface area contributed by atoms with Crippen LogP contribution in [0.1, 0.15) is 28.2 Å². The molecular formula is C10H11F2NO3. The molecule has 1 rings (SSSR count). The van der Waals surface area contributed by atoms with Crippen LogP contribution < -0.4 is 4.74 Å². The summed E-state index contributed by atoms with van der Waals surface area (Å²) in [5.41, 5.74) is -0.545. The Kier molecular flexibility index (Phi) is 3.76. The maximum atomic E-state index is 12.8. The second-order valence-electron chi connectivity index (χ2n) is 3.02. The van der Waals surface area contributed by atoms with Crippen LogP contribution in [0.5, 0.6) is 5.75 Å². The van der Waals surface area contributed by atoms with E-state index in [1.54, 1.807) is 6.92 Å². The Balaban J connectivity index is 3.44. The zero-order valence-corrected chi connectivity index (χ0v) is 9.08. The van der Waals surface area contributed by atoms with Gasteiger partial charge < -0.3 is 9.47 Å². The number of pyridine rings is 1. The predicted octanol–water partition coefficient (Wildman–Crippen LogP) is 2.12. The molecule has 0 unspecified atom stereocenters. The van der Waals surface area contributed by atoms with E-state index >= 15 is 0 Å². The van der Waals surface area contributed by atoms with Gasteiger partial charge in [-0.3, -0.25) is 0 Å². The number of aromatic nitrogens is 1. The first-order valence-electron chi connectivity index (χ1n) is 4.43. The number of rotatable bonds is 3. The van der Waals surface area contributed by atoms with Crippen molar-refractivity contribution in [2.75, 3.05) is 14.2 Å². The second-order valence-corrected chi connectivity index (χ2v) is 3.02. The van der Waals surface area contributed by atoms with Crippen molar-refractivity contribution >= 4 is 5.97 Å². The number of ether oxygens (including phenoxy) is 2. The van der Waals surface area contributed by atoms with Gasteiger partial charge in [0.1, 0.15) is 5.75 Å². The maximum absolute atomic E-state index is 12.8. The number of esters is 1. The molecule has 6 heteroatoms. The van der Waals surface area contributed by atoms with Crippen molar-refractivity contribution in [3.63, 3.8) is 0 Å². The summed E-state index contributed by atoms with van der Waals surface area (Å²) in [7, 11) is 2.36. The molecule has 0 aliphatic carbocycles. The molecule has 4 nitrogen and oxygen atoms in total. The molecule has 0 aromatic carbocycles. The summed E-state index contributed by atoms with van der Waals surface area (Å²) in [5.74, 6) is -0.972. The molecule has 0 bridgehead atoms. The van der Waals surface area contributed by atoms with Crippen molar-refractivity contribution < 1.29 is 23.0 Å². The summed E-state index contributed by atoms with van der Waals surface area (Å²) >= 11 is 0. The van der Waals surface area contributed by atoms with Crippen LogP contribution in [0.2, 0.25) is 0 Å². The van der Waals surface area contributed by atoms with E-state index in [1.807, 2.05) is 0 Å². The largest absolute Gasteiger partial charge is 0.496 e. The van der Waals surface area contributed by atoms with Gasteiger partial charge in [-0.2, -0.15) is 0 Å². The fraction of sp³-hybridized carbons (Fsp3) is 0.400. The predicted molar refractivity (Wildman–Crippen MR) is 51.8 cm³/mol. The lowest BCUT2D eigenvalue weighted by atomic mass is 10.1. The van der Waals surface area contributed by atoms with E-state index < -0.39 is 23.7 Å². The molecule has 0 saturated heterocycles. The molecule has 0 aliphatic heterocycles. The highest BCUT2D eigenvalue weighted by Crippen LogP contribution is 2.32. The SMILES string of the molecule is COC(=O)c1nc(C)cc(OC)c1C(F)F. The Morgan fingerprint density at radius 1 is 1.44 bits per heavy atom. The molecule has 1 aromatic rings. The van der Waals surface area contributed by atoms with Crippen LogP contribution in [-0.4, -0.2) is 25.2 Å². The van der Waals surface area contributed by atoms with Gasteiger partial charge in [-0.05, 0) is 6.92 Å². The number of hydrogen-bond donors (Lipinski definition) is 0. The minimum Gasteiger partial charge on any atom is -0.496 e. The topological polar surface area (TPSA) is 48.4 Å². The first kappa shape index (κ1) is 12.4. The van der Waals surface area contributed by atoms with Crippen LogP contribution in [0.3, 0.4) is 0 Å². The molecule has 16 heavy (non-hydrogen) atoms. The average Bonchev–Trinajstić information content (AvgIpc) is 2.26. The monoisotopic (exact) mass is 231 g/mol. The van der Waals surface area contributed by atoms with Crippen LogP contribution >= 0.6 is 0 Å².